The Bertz CT molecular complexity index is 301. The molecule has 0 saturated carbocycles. The number of nitrogens with zero attached hydrogens (tertiary/aromatic N) is 1. The van der Waals surface area contributed by atoms with Crippen molar-refractivity contribution in [1.29, 1.82) is 0 Å². The van der Waals surface area contributed by atoms with Crippen molar-refractivity contribution in [1.82, 2.24) is 10.3 Å². The van der Waals surface area contributed by atoms with Crippen LogP contribution in [0.4, 0.5) is 13.2 Å². The van der Waals surface area contributed by atoms with Crippen molar-refractivity contribution < 1.29 is 13.2 Å². The fraction of sp³-hybridized carbons (Fsp3) is 0.375. The molecule has 78 valence electrons. The second-order valence-electron chi connectivity index (χ2n) is 2.65. The van der Waals surface area contributed by atoms with E-state index in [0.717, 1.165) is 0 Å². The van der Waals surface area contributed by atoms with Gasteiger partial charge in [-0.1, -0.05) is 0 Å². The summed E-state index contributed by atoms with van der Waals surface area (Å²) in [5, 5.41) is 2.26. The van der Waals surface area contributed by atoms with Crippen molar-refractivity contribution >= 4 is 15.9 Å². The third-order valence-corrected chi connectivity index (χ3v) is 2.17. The number of nitrogens with one attached hydrogen (secondary N) is 1. The summed E-state index contributed by atoms with van der Waals surface area (Å²) in [6.07, 6.45) is -2.64. The van der Waals surface area contributed by atoms with Crippen LogP contribution in [0.5, 0.6) is 0 Å². The molecule has 1 heterocycles. The number of rotatable bonds is 3. The van der Waals surface area contributed by atoms with Crippen LogP contribution in [0.25, 0.3) is 0 Å². The summed E-state index contributed by atoms with van der Waals surface area (Å²) in [6, 6.07) is 3.44. The van der Waals surface area contributed by atoms with Gasteiger partial charge in [-0.3, -0.25) is 4.98 Å². The van der Waals surface area contributed by atoms with E-state index in [-0.39, 0.29) is 6.54 Å². The van der Waals surface area contributed by atoms with Crippen LogP contribution in [0.2, 0.25) is 0 Å². The summed E-state index contributed by atoms with van der Waals surface area (Å²) in [6.45, 7) is -0.906. The highest BCUT2D eigenvalue weighted by molar-refractivity contribution is 9.10. The molecule has 14 heavy (non-hydrogen) atoms. The molecule has 0 saturated heterocycles. The van der Waals surface area contributed by atoms with E-state index in [1.165, 1.54) is 6.20 Å². The van der Waals surface area contributed by atoms with E-state index in [0.29, 0.717) is 10.2 Å². The summed E-state index contributed by atoms with van der Waals surface area (Å²) in [4.78, 5) is 3.92. The first kappa shape index (κ1) is 11.5. The second-order valence-corrected chi connectivity index (χ2v) is 3.50. The Hall–Kier alpha value is -0.620. The van der Waals surface area contributed by atoms with Crippen LogP contribution in [0, 0.1) is 0 Å². The average Bonchev–Trinajstić information content (AvgIpc) is 2.06. The number of halogens is 4. The summed E-state index contributed by atoms with van der Waals surface area (Å²) >= 11 is 3.19. The molecule has 1 aromatic heterocycles. The Labute approximate surface area is 87.7 Å². The summed E-state index contributed by atoms with van der Waals surface area (Å²) in [7, 11) is 0. The van der Waals surface area contributed by atoms with Gasteiger partial charge in [0.05, 0.1) is 12.2 Å². The highest BCUT2D eigenvalue weighted by Crippen LogP contribution is 2.15. The molecule has 0 atom stereocenters. The quantitative estimate of drug-likeness (QED) is 0.911. The number of pyridine rings is 1. The van der Waals surface area contributed by atoms with E-state index >= 15 is 0 Å². The normalized spacial score (nSPS) is 11.7. The summed E-state index contributed by atoms with van der Waals surface area (Å²) in [5.41, 5.74) is 0.566. The van der Waals surface area contributed by atoms with Crippen LogP contribution in [0.1, 0.15) is 5.69 Å². The molecule has 0 aromatic carbocycles. The molecule has 1 aromatic rings. The molecule has 1 N–H and O–H groups in total. The van der Waals surface area contributed by atoms with Crippen LogP contribution >= 0.6 is 15.9 Å². The predicted octanol–water partition coefficient (Wildman–Crippen LogP) is 2.50. The van der Waals surface area contributed by atoms with Gasteiger partial charge in [0, 0.05) is 17.2 Å². The maximum Gasteiger partial charge on any atom is 0.401 e. The zero-order valence-corrected chi connectivity index (χ0v) is 8.69. The molecular weight excluding hydrogens is 261 g/mol. The Balaban J connectivity index is 2.43. The highest BCUT2D eigenvalue weighted by Gasteiger charge is 2.26. The molecular formula is C8H8BrF3N2. The van der Waals surface area contributed by atoms with Crippen LogP contribution in [0.3, 0.4) is 0 Å². The molecule has 0 radical (unpaired) electrons. The lowest BCUT2D eigenvalue weighted by Crippen LogP contribution is -2.28. The lowest BCUT2D eigenvalue weighted by molar-refractivity contribution is -0.125. The maximum atomic E-state index is 11.8. The van der Waals surface area contributed by atoms with Crippen LogP contribution in [0.15, 0.2) is 22.8 Å². The second kappa shape index (κ2) is 4.75. The molecule has 6 heteroatoms. The van der Waals surface area contributed by atoms with Gasteiger partial charge in [0.15, 0.2) is 0 Å². The van der Waals surface area contributed by atoms with Crippen LogP contribution in [-0.4, -0.2) is 17.7 Å². The topological polar surface area (TPSA) is 24.9 Å². The van der Waals surface area contributed by atoms with Gasteiger partial charge in [-0.2, -0.15) is 13.2 Å². The standard InChI is InChI=1S/C8H8BrF3N2/c9-6-2-1-3-14-7(6)4-13-5-8(10,11)12/h1-3,13H,4-5H2. The fourth-order valence-electron chi connectivity index (χ4n) is 0.871. The number of hydrogen-bond acceptors (Lipinski definition) is 2. The molecule has 0 fully saturated rings. The lowest BCUT2D eigenvalue weighted by atomic mass is 10.3. The average molecular weight is 269 g/mol. The van der Waals surface area contributed by atoms with Crippen molar-refractivity contribution in [2.24, 2.45) is 0 Å². The molecule has 0 aliphatic rings. The minimum absolute atomic E-state index is 0.0981. The van der Waals surface area contributed by atoms with Gasteiger partial charge in [0.2, 0.25) is 0 Å². The van der Waals surface area contributed by atoms with E-state index < -0.39 is 12.7 Å². The minimum Gasteiger partial charge on any atom is -0.303 e. The van der Waals surface area contributed by atoms with Gasteiger partial charge in [-0.05, 0) is 28.1 Å². The molecule has 0 amide bonds. The SMILES string of the molecule is FC(F)(F)CNCc1ncccc1Br. The van der Waals surface area contributed by atoms with Gasteiger partial charge < -0.3 is 5.32 Å². The Morgan fingerprint density at radius 3 is 2.71 bits per heavy atom. The van der Waals surface area contributed by atoms with Crippen LogP contribution in [-0.2, 0) is 6.54 Å². The van der Waals surface area contributed by atoms with E-state index in [4.69, 9.17) is 0 Å². The van der Waals surface area contributed by atoms with Crippen molar-refractivity contribution in [2.75, 3.05) is 6.54 Å². The number of aromatic nitrogens is 1. The molecule has 0 aliphatic heterocycles. The zero-order valence-electron chi connectivity index (χ0n) is 7.11. The lowest BCUT2D eigenvalue weighted by Gasteiger charge is -2.08. The van der Waals surface area contributed by atoms with E-state index in [2.05, 4.69) is 26.2 Å². The molecule has 0 spiro atoms. The first-order valence-corrected chi connectivity index (χ1v) is 4.65. The Morgan fingerprint density at radius 1 is 1.43 bits per heavy atom. The number of alkyl halides is 3. The summed E-state index contributed by atoms with van der Waals surface area (Å²) < 4.78 is 36.0. The highest BCUT2D eigenvalue weighted by atomic mass is 79.9. The van der Waals surface area contributed by atoms with Crippen molar-refractivity contribution in [2.45, 2.75) is 12.7 Å². The van der Waals surface area contributed by atoms with Crippen molar-refractivity contribution in [3.05, 3.63) is 28.5 Å². The maximum absolute atomic E-state index is 11.8. The smallest absolute Gasteiger partial charge is 0.303 e. The van der Waals surface area contributed by atoms with E-state index in [1.807, 2.05) is 0 Å². The molecule has 0 unspecified atom stereocenters. The largest absolute Gasteiger partial charge is 0.401 e. The minimum atomic E-state index is -4.18. The zero-order chi connectivity index (χ0) is 10.6. The Morgan fingerprint density at radius 2 is 2.14 bits per heavy atom. The van der Waals surface area contributed by atoms with E-state index in [9.17, 15) is 13.2 Å². The molecule has 2 nitrogen and oxygen atoms in total. The first-order valence-electron chi connectivity index (χ1n) is 3.86. The van der Waals surface area contributed by atoms with Crippen molar-refractivity contribution in [3.8, 4) is 0 Å². The van der Waals surface area contributed by atoms with Gasteiger partial charge in [0.25, 0.3) is 0 Å². The first-order chi connectivity index (χ1) is 6.49. The van der Waals surface area contributed by atoms with Gasteiger partial charge >= 0.3 is 6.18 Å². The Kier molecular flexibility index (Phi) is 3.88. The summed E-state index contributed by atoms with van der Waals surface area (Å²) in [5.74, 6) is 0. The molecule has 0 aliphatic carbocycles. The van der Waals surface area contributed by atoms with E-state index in [1.54, 1.807) is 12.1 Å². The third kappa shape index (κ3) is 4.06. The fourth-order valence-corrected chi connectivity index (χ4v) is 1.27. The predicted molar refractivity (Wildman–Crippen MR) is 49.7 cm³/mol. The monoisotopic (exact) mass is 268 g/mol. The number of hydrogen-bond donors (Lipinski definition) is 1. The van der Waals surface area contributed by atoms with Crippen molar-refractivity contribution in [3.63, 3.8) is 0 Å². The van der Waals surface area contributed by atoms with Gasteiger partial charge in [-0.25, -0.2) is 0 Å². The van der Waals surface area contributed by atoms with Gasteiger partial charge in [0.1, 0.15) is 0 Å². The molecule has 1 rings (SSSR count). The molecule has 0 bridgehead atoms. The van der Waals surface area contributed by atoms with Gasteiger partial charge in [-0.15, -0.1) is 0 Å². The van der Waals surface area contributed by atoms with Crippen LogP contribution < -0.4 is 5.32 Å². The third-order valence-electron chi connectivity index (χ3n) is 1.45.